The minimum absolute atomic E-state index is 0.0298. The van der Waals surface area contributed by atoms with Crippen LogP contribution in [0.15, 0.2) is 42.6 Å². The van der Waals surface area contributed by atoms with Crippen LogP contribution < -0.4 is 0 Å². The van der Waals surface area contributed by atoms with Gasteiger partial charge in [-0.05, 0) is 106 Å². The first kappa shape index (κ1) is 56.0. The highest BCUT2D eigenvalue weighted by Gasteiger charge is 2.55. The van der Waals surface area contributed by atoms with E-state index in [1.807, 2.05) is 77.2 Å². The molecular weight excluding hydrogens is 873 g/mol. The lowest BCUT2D eigenvalue weighted by Crippen LogP contribution is -2.63. The fourth-order valence-electron chi connectivity index (χ4n) is 10.8. The van der Waals surface area contributed by atoms with Crippen molar-refractivity contribution in [2.75, 3.05) is 27.9 Å². The molecule has 0 saturated carbocycles. The van der Waals surface area contributed by atoms with Crippen molar-refractivity contribution in [3.63, 3.8) is 0 Å². The molecule has 3 aliphatic rings. The largest absolute Gasteiger partial charge is 0.459 e. The molecule has 3 N–H and O–H groups in total. The zero-order valence-corrected chi connectivity index (χ0v) is 43.6. The van der Waals surface area contributed by atoms with Crippen molar-refractivity contribution in [2.24, 2.45) is 23.7 Å². The normalized spacial score (nSPS) is 40.7. The Labute approximate surface area is 405 Å². The van der Waals surface area contributed by atoms with Gasteiger partial charge in [-0.3, -0.25) is 19.5 Å². The fourth-order valence-corrected chi connectivity index (χ4v) is 10.8. The quantitative estimate of drug-likeness (QED) is 0.187. The number of methoxy groups -OCH3 is 2. The summed E-state index contributed by atoms with van der Waals surface area (Å²) in [5, 5.41) is 36.9. The van der Waals surface area contributed by atoms with Crippen LogP contribution in [0, 0.1) is 23.7 Å². The molecule has 68 heavy (non-hydrogen) atoms. The Kier molecular flexibility index (Phi) is 18.7. The number of hydrogen-bond donors (Lipinski definition) is 3. The number of aromatic nitrogens is 1. The van der Waals surface area contributed by atoms with Gasteiger partial charge >= 0.3 is 5.97 Å². The number of benzene rings is 1. The van der Waals surface area contributed by atoms with Crippen molar-refractivity contribution in [3.05, 3.63) is 48.2 Å². The monoisotopic (exact) mass is 957 g/mol. The Morgan fingerprint density at radius 3 is 2.21 bits per heavy atom. The van der Waals surface area contributed by atoms with Crippen molar-refractivity contribution in [1.29, 1.82) is 0 Å². The van der Waals surface area contributed by atoms with Gasteiger partial charge in [-0.2, -0.15) is 0 Å². The molecule has 1 aromatic carbocycles. The van der Waals surface area contributed by atoms with E-state index in [1.54, 1.807) is 54.8 Å². The summed E-state index contributed by atoms with van der Waals surface area (Å²) in [4.78, 5) is 36.4. The molecule has 3 saturated heterocycles. The van der Waals surface area contributed by atoms with Gasteiger partial charge in [0, 0.05) is 61.6 Å². The van der Waals surface area contributed by atoms with Crippen LogP contribution in [0.25, 0.3) is 17.0 Å². The van der Waals surface area contributed by atoms with Crippen LogP contribution in [-0.4, -0.2) is 155 Å². The number of rotatable bonds is 12. The lowest BCUT2D eigenvalue weighted by Gasteiger charge is -2.51. The van der Waals surface area contributed by atoms with E-state index in [-0.39, 0.29) is 49.3 Å². The molecule has 0 unspecified atom stereocenters. The van der Waals surface area contributed by atoms with E-state index >= 15 is 0 Å². The van der Waals surface area contributed by atoms with Gasteiger partial charge in [-0.15, -0.1) is 0 Å². The molecule has 384 valence electrons. The van der Waals surface area contributed by atoms with Crippen LogP contribution >= 0.6 is 0 Å². The van der Waals surface area contributed by atoms with Crippen LogP contribution in [0.4, 0.5) is 0 Å². The van der Waals surface area contributed by atoms with Gasteiger partial charge in [0.05, 0.1) is 59.8 Å². The first-order chi connectivity index (χ1) is 31.7. The highest BCUT2D eigenvalue weighted by molar-refractivity contribution is 5.84. The average Bonchev–Trinajstić information content (AvgIpc) is 3.29. The third kappa shape index (κ3) is 12.4. The van der Waals surface area contributed by atoms with Crippen molar-refractivity contribution in [1.82, 2.24) is 9.88 Å². The predicted octanol–water partition coefficient (Wildman–Crippen LogP) is 6.89. The summed E-state index contributed by atoms with van der Waals surface area (Å²) in [5.41, 5.74) is -2.74. The molecule has 15 nitrogen and oxygen atoms in total. The van der Waals surface area contributed by atoms with E-state index < -0.39 is 102 Å². The number of nitrogens with zero attached hydrogens (tertiary/aromatic N) is 2. The minimum atomic E-state index is -1.85. The second kappa shape index (κ2) is 22.7. The van der Waals surface area contributed by atoms with Gasteiger partial charge in [-0.1, -0.05) is 58.0 Å². The maximum Gasteiger partial charge on any atom is 0.311 e. The first-order valence-corrected chi connectivity index (χ1v) is 24.6. The Morgan fingerprint density at radius 1 is 0.912 bits per heavy atom. The van der Waals surface area contributed by atoms with Crippen molar-refractivity contribution in [2.45, 2.75) is 205 Å². The molecule has 1 aromatic heterocycles. The number of likely N-dealkylation sites (N-methyl/N-ethyl adjacent to an activating group) is 1. The summed E-state index contributed by atoms with van der Waals surface area (Å²) in [7, 11) is 5.05. The van der Waals surface area contributed by atoms with E-state index in [0.29, 0.717) is 6.42 Å². The molecule has 0 amide bonds. The summed E-state index contributed by atoms with van der Waals surface area (Å²) in [6.45, 7) is 24.1. The fraction of sp³-hybridized carbons (Fsp3) is 0.755. The molecule has 3 aliphatic heterocycles. The van der Waals surface area contributed by atoms with E-state index in [9.17, 15) is 24.9 Å². The second-order valence-corrected chi connectivity index (χ2v) is 21.6. The van der Waals surface area contributed by atoms with Gasteiger partial charge in [0.15, 0.2) is 12.6 Å². The number of esters is 1. The number of para-hydroxylation sites is 1. The van der Waals surface area contributed by atoms with Crippen LogP contribution in [0.1, 0.15) is 121 Å². The summed E-state index contributed by atoms with van der Waals surface area (Å²) < 4.78 is 51.8. The predicted molar refractivity (Wildman–Crippen MR) is 259 cm³/mol. The molecule has 4 heterocycles. The molecule has 18 atom stereocenters. The van der Waals surface area contributed by atoms with Gasteiger partial charge < -0.3 is 53.2 Å². The lowest BCUT2D eigenvalue weighted by atomic mass is 9.73. The number of aliphatic hydroxyl groups is 3. The number of carbonyl (C=O) groups excluding carboxylic acids is 2. The molecule has 15 heteroatoms. The number of fused-ring (bicyclic) bond motifs is 1. The number of pyridine rings is 1. The van der Waals surface area contributed by atoms with Gasteiger partial charge in [-0.25, -0.2) is 0 Å². The Balaban J connectivity index is 1.58. The highest BCUT2D eigenvalue weighted by atomic mass is 16.7. The molecule has 3 fully saturated rings. The van der Waals surface area contributed by atoms with E-state index in [2.05, 4.69) is 30.7 Å². The molecule has 2 aromatic rings. The second-order valence-electron chi connectivity index (χ2n) is 21.6. The number of hydrogen-bond acceptors (Lipinski definition) is 15. The van der Waals surface area contributed by atoms with Crippen LogP contribution in [0.3, 0.4) is 0 Å². The average molecular weight is 957 g/mol. The van der Waals surface area contributed by atoms with E-state index in [0.717, 1.165) is 16.5 Å². The van der Waals surface area contributed by atoms with Crippen LogP contribution in [0.5, 0.6) is 0 Å². The lowest BCUT2D eigenvalue weighted by molar-refractivity contribution is -0.320. The molecule has 5 rings (SSSR count). The van der Waals surface area contributed by atoms with Crippen molar-refractivity contribution in [3.8, 4) is 0 Å². The van der Waals surface area contributed by atoms with Gasteiger partial charge in [0.25, 0.3) is 0 Å². The van der Waals surface area contributed by atoms with E-state index in [4.69, 9.17) is 37.9 Å². The van der Waals surface area contributed by atoms with Gasteiger partial charge in [0.1, 0.15) is 29.7 Å². The maximum atomic E-state index is 14.9. The zero-order chi connectivity index (χ0) is 50.7. The summed E-state index contributed by atoms with van der Waals surface area (Å²) in [5.74, 6) is -4.20. The summed E-state index contributed by atoms with van der Waals surface area (Å²) in [6, 6.07) is 9.51. The number of Topliss-reactive ketones (excluding diaryl/α,β-unsaturated/α-hetero) is 1. The topological polar surface area (TPSA) is 185 Å². The maximum absolute atomic E-state index is 14.9. The standard InChI is InChI=1S/C53H84N2O13/c1-17-40-53(13,60)47(63-24-20-21-36-26-37-22-18-19-23-38(37)54-29-36)32(4)42(56)30(2)27-52(12,62-16)46(68-49-43(57)39(25-31(3)64-49)55(14)50(8,9)10)33(5)44(34(6)48(59)66-40)67-41-28-51(11,61-15)45(58)35(7)65-41/h18-23,26,29-35,39-41,43-47,49,57-58,60H,17,24-25,27-28H2,1-16H3/b21-20+/t30-,31-,32+,33+,34-,35+,39+,40-,41+,43-,44+,45+,46-,47-,49+,51-,52-,53-/m1/s1. The van der Waals surface area contributed by atoms with Gasteiger partial charge in [0.2, 0.25) is 0 Å². The Hall–Kier alpha value is -2.93. The number of ketones is 1. The van der Waals surface area contributed by atoms with Crippen molar-refractivity contribution < 1.29 is 62.8 Å². The Bertz CT molecular complexity index is 2010. The summed E-state index contributed by atoms with van der Waals surface area (Å²) >= 11 is 0. The van der Waals surface area contributed by atoms with E-state index in [1.165, 1.54) is 7.11 Å². The number of aliphatic hydroxyl groups excluding tert-OH is 2. The smallest absolute Gasteiger partial charge is 0.311 e. The zero-order valence-electron chi connectivity index (χ0n) is 43.6. The third-order valence-electron chi connectivity index (χ3n) is 15.4. The number of ether oxygens (including phenoxy) is 8. The molecule has 0 radical (unpaired) electrons. The highest BCUT2D eigenvalue weighted by Crippen LogP contribution is 2.42. The number of carbonyl (C=O) groups is 2. The SMILES string of the molecule is CC[C@H]1OC(=O)[C@H](C)[C@@H](O[C@H]2C[C@@](C)(OC)[C@@H](O)[C@H](C)O2)[C@H](C)[C@@H](O[C@@H]2O[C@H](C)C[C@H](N(C)C(C)(C)C)[C@H]2O)[C@](C)(OC)C[C@@H](C)C(=O)[C@H](C)[C@@H](OC/C=C/c2cnc3ccccc3c2)[C@]1(C)O. The molecular formula is C53H84N2O13. The van der Waals surface area contributed by atoms with Crippen LogP contribution in [0.2, 0.25) is 0 Å². The molecule has 0 aliphatic carbocycles. The molecule has 0 bridgehead atoms. The Morgan fingerprint density at radius 2 is 1.57 bits per heavy atom. The number of cyclic esters (lactones) is 1. The van der Waals surface area contributed by atoms with Crippen molar-refractivity contribution >= 4 is 28.7 Å². The molecule has 0 spiro atoms. The minimum Gasteiger partial charge on any atom is -0.459 e. The first-order valence-electron chi connectivity index (χ1n) is 24.6. The third-order valence-corrected chi connectivity index (χ3v) is 15.4. The van der Waals surface area contributed by atoms with Crippen LogP contribution in [-0.2, 0) is 47.5 Å². The summed E-state index contributed by atoms with van der Waals surface area (Å²) in [6.07, 6.45) is -2.96.